The van der Waals surface area contributed by atoms with Crippen molar-refractivity contribution >= 4 is 6.03 Å². The normalized spacial score (nSPS) is 19.5. The van der Waals surface area contributed by atoms with Gasteiger partial charge < -0.3 is 16.0 Å². The standard InChI is InChI=1S/C14H20FN3O/c15-12-6-4-11(5-7-12)9-17-14(19)18-13-3-1-2-8-16-10-13/h4-7,13,16H,1-3,8-10H2,(H2,17,18,19). The van der Waals surface area contributed by atoms with Gasteiger partial charge in [0.25, 0.3) is 0 Å². The van der Waals surface area contributed by atoms with Gasteiger partial charge in [-0.25, -0.2) is 9.18 Å². The zero-order valence-electron chi connectivity index (χ0n) is 10.9. The molecule has 0 radical (unpaired) electrons. The van der Waals surface area contributed by atoms with Crippen LogP contribution in [0, 0.1) is 5.82 Å². The molecule has 0 aromatic heterocycles. The number of carbonyl (C=O) groups is 1. The zero-order chi connectivity index (χ0) is 13.5. The van der Waals surface area contributed by atoms with Crippen molar-refractivity contribution in [2.75, 3.05) is 13.1 Å². The number of halogens is 1. The second-order valence-corrected chi connectivity index (χ2v) is 4.85. The summed E-state index contributed by atoms with van der Waals surface area (Å²) in [5.41, 5.74) is 0.885. The number of carbonyl (C=O) groups excluding carboxylic acids is 1. The summed E-state index contributed by atoms with van der Waals surface area (Å²) in [7, 11) is 0. The first-order chi connectivity index (χ1) is 9.24. The second-order valence-electron chi connectivity index (χ2n) is 4.85. The van der Waals surface area contributed by atoms with Crippen molar-refractivity contribution in [3.05, 3.63) is 35.6 Å². The molecule has 1 aromatic rings. The SMILES string of the molecule is O=C(NCc1ccc(F)cc1)NC1CCCCNC1. The van der Waals surface area contributed by atoms with Crippen LogP contribution in [0.25, 0.3) is 0 Å². The average molecular weight is 265 g/mol. The lowest BCUT2D eigenvalue weighted by Gasteiger charge is -2.16. The van der Waals surface area contributed by atoms with Crippen molar-refractivity contribution in [3.8, 4) is 0 Å². The minimum Gasteiger partial charge on any atom is -0.334 e. The fraction of sp³-hybridized carbons (Fsp3) is 0.500. The predicted molar refractivity (Wildman–Crippen MR) is 72.3 cm³/mol. The van der Waals surface area contributed by atoms with Gasteiger partial charge in [0.05, 0.1) is 0 Å². The first-order valence-electron chi connectivity index (χ1n) is 6.73. The maximum absolute atomic E-state index is 12.7. The van der Waals surface area contributed by atoms with Gasteiger partial charge in [-0.2, -0.15) is 0 Å². The Labute approximate surface area is 112 Å². The Balaban J connectivity index is 1.73. The molecule has 104 valence electrons. The van der Waals surface area contributed by atoms with Crippen molar-refractivity contribution in [2.24, 2.45) is 0 Å². The Kier molecular flexibility index (Phi) is 5.15. The van der Waals surface area contributed by atoms with Gasteiger partial charge in [-0.3, -0.25) is 0 Å². The van der Waals surface area contributed by atoms with Crippen LogP contribution in [-0.2, 0) is 6.54 Å². The summed E-state index contributed by atoms with van der Waals surface area (Å²) in [6, 6.07) is 6.15. The van der Waals surface area contributed by atoms with Crippen LogP contribution in [0.3, 0.4) is 0 Å². The van der Waals surface area contributed by atoms with Gasteiger partial charge in [-0.05, 0) is 37.1 Å². The third kappa shape index (κ3) is 4.87. The van der Waals surface area contributed by atoms with E-state index in [1.807, 2.05) is 0 Å². The minimum atomic E-state index is -0.266. The molecule has 4 nitrogen and oxygen atoms in total. The van der Waals surface area contributed by atoms with Gasteiger partial charge in [0.15, 0.2) is 0 Å². The van der Waals surface area contributed by atoms with Gasteiger partial charge in [0.1, 0.15) is 5.82 Å². The molecular weight excluding hydrogens is 245 g/mol. The van der Waals surface area contributed by atoms with Crippen LogP contribution in [0.4, 0.5) is 9.18 Å². The Bertz CT molecular complexity index is 400. The maximum atomic E-state index is 12.7. The van der Waals surface area contributed by atoms with E-state index in [1.165, 1.54) is 12.1 Å². The summed E-state index contributed by atoms with van der Waals surface area (Å²) < 4.78 is 12.7. The summed E-state index contributed by atoms with van der Waals surface area (Å²) in [5.74, 6) is -0.266. The molecule has 1 aliphatic heterocycles. The first-order valence-corrected chi connectivity index (χ1v) is 6.73. The molecule has 0 saturated carbocycles. The van der Waals surface area contributed by atoms with Crippen LogP contribution < -0.4 is 16.0 Å². The number of rotatable bonds is 3. The van der Waals surface area contributed by atoms with Crippen LogP contribution in [0.1, 0.15) is 24.8 Å². The molecule has 1 heterocycles. The molecule has 1 aliphatic rings. The minimum absolute atomic E-state index is 0.168. The largest absolute Gasteiger partial charge is 0.334 e. The highest BCUT2D eigenvalue weighted by atomic mass is 19.1. The lowest BCUT2D eigenvalue weighted by molar-refractivity contribution is 0.236. The van der Waals surface area contributed by atoms with E-state index in [9.17, 15) is 9.18 Å². The van der Waals surface area contributed by atoms with E-state index in [1.54, 1.807) is 12.1 Å². The Morgan fingerprint density at radius 3 is 2.89 bits per heavy atom. The molecule has 0 aliphatic carbocycles. The third-order valence-electron chi connectivity index (χ3n) is 3.25. The van der Waals surface area contributed by atoms with E-state index in [2.05, 4.69) is 16.0 Å². The van der Waals surface area contributed by atoms with Crippen LogP contribution in [0.2, 0.25) is 0 Å². The van der Waals surface area contributed by atoms with Gasteiger partial charge >= 0.3 is 6.03 Å². The Hall–Kier alpha value is -1.62. The van der Waals surface area contributed by atoms with E-state index in [-0.39, 0.29) is 17.9 Å². The molecule has 0 spiro atoms. The molecule has 2 rings (SSSR count). The van der Waals surface area contributed by atoms with Crippen LogP contribution in [-0.4, -0.2) is 25.2 Å². The molecule has 19 heavy (non-hydrogen) atoms. The fourth-order valence-corrected chi connectivity index (χ4v) is 2.16. The Morgan fingerprint density at radius 1 is 1.32 bits per heavy atom. The van der Waals surface area contributed by atoms with E-state index in [4.69, 9.17) is 0 Å². The average Bonchev–Trinajstić information content (AvgIpc) is 2.67. The quantitative estimate of drug-likeness (QED) is 0.780. The van der Waals surface area contributed by atoms with E-state index >= 15 is 0 Å². The summed E-state index contributed by atoms with van der Waals surface area (Å²) in [6.45, 7) is 2.26. The fourth-order valence-electron chi connectivity index (χ4n) is 2.16. The van der Waals surface area contributed by atoms with Gasteiger partial charge in [-0.1, -0.05) is 18.6 Å². The molecule has 1 saturated heterocycles. The number of nitrogens with one attached hydrogen (secondary N) is 3. The van der Waals surface area contributed by atoms with Crippen molar-refractivity contribution in [1.82, 2.24) is 16.0 Å². The molecule has 1 unspecified atom stereocenters. The van der Waals surface area contributed by atoms with Crippen LogP contribution in [0.15, 0.2) is 24.3 Å². The third-order valence-corrected chi connectivity index (χ3v) is 3.25. The zero-order valence-corrected chi connectivity index (χ0v) is 10.9. The number of urea groups is 1. The first kappa shape index (κ1) is 13.8. The molecule has 0 bridgehead atoms. The van der Waals surface area contributed by atoms with Crippen molar-refractivity contribution < 1.29 is 9.18 Å². The van der Waals surface area contributed by atoms with Crippen molar-refractivity contribution in [1.29, 1.82) is 0 Å². The van der Waals surface area contributed by atoms with E-state index in [0.717, 1.165) is 37.9 Å². The topological polar surface area (TPSA) is 53.2 Å². The monoisotopic (exact) mass is 265 g/mol. The molecule has 1 aromatic carbocycles. The summed E-state index contributed by atoms with van der Waals surface area (Å²) in [4.78, 5) is 11.7. The van der Waals surface area contributed by atoms with Gasteiger partial charge in [-0.15, -0.1) is 0 Å². The lowest BCUT2D eigenvalue weighted by Crippen LogP contribution is -2.45. The molecule has 5 heteroatoms. The van der Waals surface area contributed by atoms with E-state index in [0.29, 0.717) is 6.54 Å². The Morgan fingerprint density at radius 2 is 2.11 bits per heavy atom. The summed E-state index contributed by atoms with van der Waals surface area (Å²) in [6.07, 6.45) is 3.31. The van der Waals surface area contributed by atoms with Crippen LogP contribution in [0.5, 0.6) is 0 Å². The van der Waals surface area contributed by atoms with Crippen LogP contribution >= 0.6 is 0 Å². The van der Waals surface area contributed by atoms with Crippen molar-refractivity contribution in [3.63, 3.8) is 0 Å². The highest BCUT2D eigenvalue weighted by molar-refractivity contribution is 5.74. The molecule has 2 amide bonds. The van der Waals surface area contributed by atoms with Gasteiger partial charge in [0, 0.05) is 19.1 Å². The number of hydrogen-bond donors (Lipinski definition) is 3. The highest BCUT2D eigenvalue weighted by Crippen LogP contribution is 2.04. The smallest absolute Gasteiger partial charge is 0.315 e. The summed E-state index contributed by atoms with van der Waals surface area (Å²) in [5, 5.41) is 9.04. The lowest BCUT2D eigenvalue weighted by atomic mass is 10.1. The van der Waals surface area contributed by atoms with Crippen molar-refractivity contribution in [2.45, 2.75) is 31.8 Å². The molecular formula is C14H20FN3O. The van der Waals surface area contributed by atoms with E-state index < -0.39 is 0 Å². The molecule has 1 fully saturated rings. The predicted octanol–water partition coefficient (Wildman–Crippen LogP) is 1.77. The van der Waals surface area contributed by atoms with Gasteiger partial charge in [0.2, 0.25) is 0 Å². The number of amides is 2. The second kappa shape index (κ2) is 7.09. The number of benzene rings is 1. The maximum Gasteiger partial charge on any atom is 0.315 e. The highest BCUT2D eigenvalue weighted by Gasteiger charge is 2.13. The molecule has 3 N–H and O–H groups in total. The number of hydrogen-bond acceptors (Lipinski definition) is 2. The molecule has 1 atom stereocenters. The summed E-state index contributed by atoms with van der Waals surface area (Å²) >= 11 is 0.